The summed E-state index contributed by atoms with van der Waals surface area (Å²) in [6, 6.07) is 6.89. The van der Waals surface area contributed by atoms with Crippen molar-refractivity contribution < 1.29 is 14.7 Å². The summed E-state index contributed by atoms with van der Waals surface area (Å²) < 4.78 is 0. The van der Waals surface area contributed by atoms with Crippen LogP contribution in [0, 0.1) is 5.92 Å². The van der Waals surface area contributed by atoms with Crippen LogP contribution in [-0.2, 0) is 11.3 Å². The van der Waals surface area contributed by atoms with Crippen molar-refractivity contribution in [3.63, 3.8) is 0 Å². The molecule has 5 heteroatoms. The summed E-state index contributed by atoms with van der Waals surface area (Å²) in [6.45, 7) is 2.09. The second-order valence-electron chi connectivity index (χ2n) is 3.85. The van der Waals surface area contributed by atoms with Crippen LogP contribution in [-0.4, -0.2) is 23.5 Å². The van der Waals surface area contributed by atoms with Crippen molar-refractivity contribution in [1.82, 2.24) is 5.32 Å². The van der Waals surface area contributed by atoms with E-state index in [-0.39, 0.29) is 12.5 Å². The molecule has 0 aromatic heterocycles. The Morgan fingerprint density at radius 2 is 1.94 bits per heavy atom. The molecule has 1 unspecified atom stereocenters. The second kappa shape index (κ2) is 6.00. The molecular weight excluding hydrogens is 220 g/mol. The fraction of sp³-hybridized carbons (Fsp3) is 0.333. The minimum absolute atomic E-state index is 0.118. The Morgan fingerprint density at radius 3 is 2.41 bits per heavy atom. The molecule has 92 valence electrons. The fourth-order valence-electron chi connectivity index (χ4n) is 1.23. The number of hydrogen-bond donors (Lipinski definition) is 3. The van der Waals surface area contributed by atoms with E-state index in [1.54, 1.807) is 31.2 Å². The lowest BCUT2D eigenvalue weighted by atomic mass is 10.1. The number of nitrogens with two attached hydrogens (primary N) is 1. The van der Waals surface area contributed by atoms with Gasteiger partial charge in [0.1, 0.15) is 0 Å². The highest BCUT2D eigenvalue weighted by atomic mass is 16.4. The summed E-state index contributed by atoms with van der Waals surface area (Å²) in [7, 11) is 0. The molecule has 1 rings (SSSR count). The summed E-state index contributed by atoms with van der Waals surface area (Å²) in [6.07, 6.45) is 0. The Morgan fingerprint density at radius 1 is 1.35 bits per heavy atom. The van der Waals surface area contributed by atoms with Crippen LogP contribution in [0.15, 0.2) is 24.3 Å². The molecule has 4 N–H and O–H groups in total. The zero-order valence-corrected chi connectivity index (χ0v) is 9.64. The van der Waals surface area contributed by atoms with Crippen LogP contribution in [0.2, 0.25) is 0 Å². The molecule has 1 amide bonds. The van der Waals surface area contributed by atoms with Crippen LogP contribution in [0.5, 0.6) is 0 Å². The smallest absolute Gasteiger partial charge is 0.308 e. The monoisotopic (exact) mass is 236 g/mol. The first-order valence-corrected chi connectivity index (χ1v) is 5.34. The summed E-state index contributed by atoms with van der Waals surface area (Å²) in [5.74, 6) is -1.80. The Labute approximate surface area is 99.6 Å². The first-order valence-electron chi connectivity index (χ1n) is 5.34. The zero-order valence-electron chi connectivity index (χ0n) is 9.64. The van der Waals surface area contributed by atoms with E-state index in [0.717, 1.165) is 5.56 Å². The number of carboxylic acids is 1. The second-order valence-corrected chi connectivity index (χ2v) is 3.85. The molecule has 1 aromatic rings. The van der Waals surface area contributed by atoms with Gasteiger partial charge in [0.25, 0.3) is 5.91 Å². The van der Waals surface area contributed by atoms with Gasteiger partial charge in [0.2, 0.25) is 0 Å². The van der Waals surface area contributed by atoms with Crippen LogP contribution < -0.4 is 11.1 Å². The molecular formula is C12H16N2O3. The minimum atomic E-state index is -0.927. The van der Waals surface area contributed by atoms with Gasteiger partial charge in [-0.3, -0.25) is 9.59 Å². The Balaban J connectivity index is 2.55. The lowest BCUT2D eigenvalue weighted by Crippen LogP contribution is -2.31. The van der Waals surface area contributed by atoms with Gasteiger partial charge in [-0.25, -0.2) is 0 Å². The summed E-state index contributed by atoms with van der Waals surface area (Å²) in [5, 5.41) is 11.2. The van der Waals surface area contributed by atoms with Crippen molar-refractivity contribution in [2.45, 2.75) is 13.5 Å². The maximum absolute atomic E-state index is 11.6. The van der Waals surface area contributed by atoms with E-state index in [0.29, 0.717) is 12.1 Å². The molecule has 0 heterocycles. The van der Waals surface area contributed by atoms with Gasteiger partial charge in [0, 0.05) is 18.7 Å². The SMILES string of the molecule is CC(CNC(=O)c1ccc(CN)cc1)C(=O)O. The van der Waals surface area contributed by atoms with Crippen LogP contribution in [0.25, 0.3) is 0 Å². The van der Waals surface area contributed by atoms with Crippen molar-refractivity contribution in [2.24, 2.45) is 11.7 Å². The Kier molecular flexibility index (Phi) is 4.66. The van der Waals surface area contributed by atoms with Crippen LogP contribution in [0.3, 0.4) is 0 Å². The van der Waals surface area contributed by atoms with E-state index in [4.69, 9.17) is 10.8 Å². The minimum Gasteiger partial charge on any atom is -0.481 e. The summed E-state index contributed by atoms with van der Waals surface area (Å²) in [4.78, 5) is 22.2. The third kappa shape index (κ3) is 3.88. The summed E-state index contributed by atoms with van der Waals surface area (Å²) >= 11 is 0. The third-order valence-electron chi connectivity index (χ3n) is 2.44. The zero-order chi connectivity index (χ0) is 12.8. The number of amides is 1. The van der Waals surface area contributed by atoms with E-state index in [1.807, 2.05) is 0 Å². The predicted octanol–water partition coefficient (Wildman–Crippen LogP) is 0.596. The van der Waals surface area contributed by atoms with Crippen molar-refractivity contribution in [2.75, 3.05) is 6.54 Å². The maximum Gasteiger partial charge on any atom is 0.308 e. The van der Waals surface area contributed by atoms with E-state index in [2.05, 4.69) is 5.32 Å². The molecule has 0 aliphatic rings. The highest BCUT2D eigenvalue weighted by Gasteiger charge is 2.12. The highest BCUT2D eigenvalue weighted by molar-refractivity contribution is 5.94. The molecule has 0 aliphatic carbocycles. The molecule has 0 saturated carbocycles. The standard InChI is InChI=1S/C12H16N2O3/c1-8(12(16)17)7-14-11(15)10-4-2-9(6-13)3-5-10/h2-5,8H,6-7,13H2,1H3,(H,14,15)(H,16,17). The lowest BCUT2D eigenvalue weighted by molar-refractivity contribution is -0.140. The number of carboxylic acid groups (broad SMARTS) is 1. The number of aliphatic carboxylic acids is 1. The average Bonchev–Trinajstić information content (AvgIpc) is 2.35. The average molecular weight is 236 g/mol. The quantitative estimate of drug-likeness (QED) is 0.697. The Hall–Kier alpha value is -1.88. The first kappa shape index (κ1) is 13.2. The normalized spacial score (nSPS) is 11.9. The maximum atomic E-state index is 11.6. The van der Waals surface area contributed by atoms with Gasteiger partial charge in [-0.05, 0) is 17.7 Å². The molecule has 17 heavy (non-hydrogen) atoms. The largest absolute Gasteiger partial charge is 0.481 e. The number of carbonyl (C=O) groups excluding carboxylic acids is 1. The first-order chi connectivity index (χ1) is 8.04. The van der Waals surface area contributed by atoms with E-state index >= 15 is 0 Å². The lowest BCUT2D eigenvalue weighted by Gasteiger charge is -2.08. The molecule has 1 atom stereocenters. The number of hydrogen-bond acceptors (Lipinski definition) is 3. The highest BCUT2D eigenvalue weighted by Crippen LogP contribution is 2.04. The van der Waals surface area contributed by atoms with Crippen LogP contribution >= 0.6 is 0 Å². The van der Waals surface area contributed by atoms with E-state index < -0.39 is 11.9 Å². The number of benzene rings is 1. The van der Waals surface area contributed by atoms with Crippen LogP contribution in [0.1, 0.15) is 22.8 Å². The fourth-order valence-corrected chi connectivity index (χ4v) is 1.23. The molecule has 1 aromatic carbocycles. The van der Waals surface area contributed by atoms with Gasteiger partial charge in [-0.15, -0.1) is 0 Å². The molecule has 0 fully saturated rings. The molecule has 0 spiro atoms. The number of nitrogens with one attached hydrogen (secondary N) is 1. The molecule has 5 nitrogen and oxygen atoms in total. The van der Waals surface area contributed by atoms with Gasteiger partial charge in [-0.1, -0.05) is 19.1 Å². The predicted molar refractivity (Wildman–Crippen MR) is 63.5 cm³/mol. The molecule has 0 radical (unpaired) electrons. The van der Waals surface area contributed by atoms with Gasteiger partial charge < -0.3 is 16.2 Å². The van der Waals surface area contributed by atoms with Crippen molar-refractivity contribution >= 4 is 11.9 Å². The molecule has 0 saturated heterocycles. The van der Waals surface area contributed by atoms with Gasteiger partial charge in [0.05, 0.1) is 5.92 Å². The number of rotatable bonds is 5. The van der Waals surface area contributed by atoms with Gasteiger partial charge >= 0.3 is 5.97 Å². The van der Waals surface area contributed by atoms with Crippen molar-refractivity contribution in [1.29, 1.82) is 0 Å². The molecule has 0 bridgehead atoms. The number of carbonyl (C=O) groups is 2. The van der Waals surface area contributed by atoms with Gasteiger partial charge in [0.15, 0.2) is 0 Å². The topological polar surface area (TPSA) is 92.4 Å². The third-order valence-corrected chi connectivity index (χ3v) is 2.44. The van der Waals surface area contributed by atoms with Crippen molar-refractivity contribution in [3.05, 3.63) is 35.4 Å². The van der Waals surface area contributed by atoms with E-state index in [1.165, 1.54) is 0 Å². The van der Waals surface area contributed by atoms with Crippen LogP contribution in [0.4, 0.5) is 0 Å². The van der Waals surface area contributed by atoms with Crippen molar-refractivity contribution in [3.8, 4) is 0 Å². The Bertz CT molecular complexity index is 401. The summed E-state index contributed by atoms with van der Waals surface area (Å²) in [5.41, 5.74) is 6.89. The van der Waals surface area contributed by atoms with Gasteiger partial charge in [-0.2, -0.15) is 0 Å². The molecule has 0 aliphatic heterocycles. The van der Waals surface area contributed by atoms with E-state index in [9.17, 15) is 9.59 Å².